The SMILES string of the molecule is O=C(Nc1ccc2nc(CN3CCCC3)ccc2c1)C1COC(c2ccc(Cl)cc2)OC1. The van der Waals surface area contributed by atoms with Gasteiger partial charge in [0.2, 0.25) is 5.91 Å². The summed E-state index contributed by atoms with van der Waals surface area (Å²) in [5.74, 6) is -0.479. The lowest BCUT2D eigenvalue weighted by atomic mass is 10.1. The second-order valence-corrected chi connectivity index (χ2v) is 8.87. The first-order chi connectivity index (χ1) is 15.6. The molecule has 2 aromatic carbocycles. The van der Waals surface area contributed by atoms with Crippen LogP contribution in [-0.4, -0.2) is 42.1 Å². The Morgan fingerprint density at radius 1 is 1.03 bits per heavy atom. The van der Waals surface area contributed by atoms with Crippen LogP contribution in [0.5, 0.6) is 0 Å². The first kappa shape index (κ1) is 21.3. The summed E-state index contributed by atoms with van der Waals surface area (Å²) >= 11 is 5.93. The first-order valence-electron chi connectivity index (χ1n) is 11.1. The molecule has 166 valence electrons. The fourth-order valence-electron chi connectivity index (χ4n) is 4.21. The molecule has 0 spiro atoms. The van der Waals surface area contributed by atoms with Crippen LogP contribution in [0.15, 0.2) is 54.6 Å². The smallest absolute Gasteiger partial charge is 0.232 e. The molecule has 3 aromatic rings. The summed E-state index contributed by atoms with van der Waals surface area (Å²) < 4.78 is 11.5. The van der Waals surface area contributed by atoms with Crippen molar-refractivity contribution in [3.05, 3.63) is 70.9 Å². The lowest BCUT2D eigenvalue weighted by molar-refractivity contribution is -0.204. The zero-order chi connectivity index (χ0) is 21.9. The van der Waals surface area contributed by atoms with Gasteiger partial charge in [-0.1, -0.05) is 29.8 Å². The van der Waals surface area contributed by atoms with Crippen molar-refractivity contribution in [2.45, 2.75) is 25.7 Å². The van der Waals surface area contributed by atoms with Crippen LogP contribution in [0.3, 0.4) is 0 Å². The number of nitrogens with one attached hydrogen (secondary N) is 1. The molecule has 2 fully saturated rings. The minimum absolute atomic E-state index is 0.113. The van der Waals surface area contributed by atoms with E-state index in [1.165, 1.54) is 12.8 Å². The molecule has 0 radical (unpaired) electrons. The lowest BCUT2D eigenvalue weighted by Crippen LogP contribution is -2.36. The van der Waals surface area contributed by atoms with E-state index < -0.39 is 6.29 Å². The summed E-state index contributed by atoms with van der Waals surface area (Å²) in [5, 5.41) is 4.66. The van der Waals surface area contributed by atoms with Gasteiger partial charge in [-0.3, -0.25) is 14.7 Å². The van der Waals surface area contributed by atoms with Gasteiger partial charge in [0.25, 0.3) is 0 Å². The average Bonchev–Trinajstić information content (AvgIpc) is 3.33. The van der Waals surface area contributed by atoms with Crippen molar-refractivity contribution in [2.75, 3.05) is 31.6 Å². The predicted molar refractivity (Wildman–Crippen MR) is 124 cm³/mol. The maximum absolute atomic E-state index is 12.7. The zero-order valence-corrected chi connectivity index (χ0v) is 18.6. The van der Waals surface area contributed by atoms with Gasteiger partial charge in [0, 0.05) is 28.2 Å². The van der Waals surface area contributed by atoms with E-state index in [1.54, 1.807) is 12.1 Å². The Balaban J connectivity index is 1.18. The third kappa shape index (κ3) is 4.94. The van der Waals surface area contributed by atoms with Crippen LogP contribution < -0.4 is 5.32 Å². The standard InChI is InChI=1S/C25H26ClN3O3/c26-20-6-3-17(4-7-20)25-31-15-19(16-32-25)24(30)28-21-9-10-23-18(13-21)5-8-22(27-23)14-29-11-1-2-12-29/h3-10,13,19,25H,1-2,11-12,14-16H2,(H,28,30). The van der Waals surface area contributed by atoms with Gasteiger partial charge >= 0.3 is 0 Å². The van der Waals surface area contributed by atoms with E-state index in [9.17, 15) is 4.79 Å². The fraction of sp³-hybridized carbons (Fsp3) is 0.360. The molecule has 0 bridgehead atoms. The second-order valence-electron chi connectivity index (χ2n) is 8.43. The highest BCUT2D eigenvalue weighted by Crippen LogP contribution is 2.27. The number of carbonyl (C=O) groups is 1. The summed E-state index contributed by atoms with van der Waals surface area (Å²) in [6.07, 6.45) is 2.07. The van der Waals surface area contributed by atoms with Crippen LogP contribution in [0.2, 0.25) is 5.02 Å². The van der Waals surface area contributed by atoms with Crippen LogP contribution >= 0.6 is 11.6 Å². The monoisotopic (exact) mass is 451 g/mol. The highest BCUT2D eigenvalue weighted by molar-refractivity contribution is 6.30. The Bertz CT molecular complexity index is 1090. The number of hydrogen-bond donors (Lipinski definition) is 1. The van der Waals surface area contributed by atoms with E-state index in [4.69, 9.17) is 26.1 Å². The normalized spacial score (nSPS) is 21.7. The largest absolute Gasteiger partial charge is 0.347 e. The molecule has 32 heavy (non-hydrogen) atoms. The molecule has 2 aliphatic heterocycles. The summed E-state index contributed by atoms with van der Waals surface area (Å²) in [4.78, 5) is 20.0. The van der Waals surface area contributed by atoms with Gasteiger partial charge in [0.15, 0.2) is 6.29 Å². The second kappa shape index (κ2) is 9.55. The molecule has 5 rings (SSSR count). The Morgan fingerprint density at radius 3 is 2.53 bits per heavy atom. The fourth-order valence-corrected chi connectivity index (χ4v) is 4.34. The molecule has 6 nitrogen and oxygen atoms in total. The van der Waals surface area contributed by atoms with Gasteiger partial charge < -0.3 is 14.8 Å². The quantitative estimate of drug-likeness (QED) is 0.604. The number of pyridine rings is 1. The zero-order valence-electron chi connectivity index (χ0n) is 17.8. The number of likely N-dealkylation sites (tertiary alicyclic amines) is 1. The van der Waals surface area contributed by atoms with Crippen molar-refractivity contribution < 1.29 is 14.3 Å². The van der Waals surface area contributed by atoms with Crippen LogP contribution in [0.1, 0.15) is 30.4 Å². The van der Waals surface area contributed by atoms with Gasteiger partial charge in [-0.05, 0) is 62.3 Å². The number of amides is 1. The predicted octanol–water partition coefficient (Wildman–Crippen LogP) is 4.78. The Hall–Kier alpha value is -2.51. The topological polar surface area (TPSA) is 63.7 Å². The van der Waals surface area contributed by atoms with E-state index in [-0.39, 0.29) is 11.8 Å². The lowest BCUT2D eigenvalue weighted by Gasteiger charge is -2.29. The van der Waals surface area contributed by atoms with Gasteiger partial charge in [-0.2, -0.15) is 0 Å². The summed E-state index contributed by atoms with van der Waals surface area (Å²) in [7, 11) is 0. The number of hydrogen-bond acceptors (Lipinski definition) is 5. The number of fused-ring (bicyclic) bond motifs is 1. The maximum atomic E-state index is 12.7. The number of aromatic nitrogens is 1. The third-order valence-electron chi connectivity index (χ3n) is 6.01. The van der Waals surface area contributed by atoms with Crippen molar-refractivity contribution in [3.8, 4) is 0 Å². The number of anilines is 1. The van der Waals surface area contributed by atoms with Gasteiger partial charge in [0.1, 0.15) is 0 Å². The van der Waals surface area contributed by atoms with Crippen molar-refractivity contribution in [3.63, 3.8) is 0 Å². The van der Waals surface area contributed by atoms with Crippen molar-refractivity contribution in [1.29, 1.82) is 0 Å². The molecule has 2 aliphatic rings. The number of nitrogens with zero attached hydrogens (tertiary/aromatic N) is 2. The molecule has 1 N–H and O–H groups in total. The van der Waals surface area contributed by atoms with Crippen molar-refractivity contribution in [1.82, 2.24) is 9.88 Å². The summed E-state index contributed by atoms with van der Waals surface area (Å²) in [6, 6.07) is 17.3. The molecule has 1 amide bonds. The Morgan fingerprint density at radius 2 is 1.78 bits per heavy atom. The molecule has 2 saturated heterocycles. The minimum atomic E-state index is -0.474. The van der Waals surface area contributed by atoms with E-state index in [1.807, 2.05) is 30.3 Å². The van der Waals surface area contributed by atoms with Crippen LogP contribution in [-0.2, 0) is 20.8 Å². The van der Waals surface area contributed by atoms with Crippen LogP contribution in [0, 0.1) is 5.92 Å². The number of benzene rings is 2. The number of halogens is 1. The molecule has 7 heteroatoms. The molecule has 3 heterocycles. The highest BCUT2D eigenvalue weighted by Gasteiger charge is 2.28. The molecular formula is C25H26ClN3O3. The summed E-state index contributed by atoms with van der Waals surface area (Å²) in [5.41, 5.74) is 3.66. The van der Waals surface area contributed by atoms with E-state index in [0.717, 1.165) is 47.5 Å². The van der Waals surface area contributed by atoms with E-state index in [2.05, 4.69) is 22.3 Å². The van der Waals surface area contributed by atoms with Crippen LogP contribution in [0.25, 0.3) is 10.9 Å². The first-order valence-corrected chi connectivity index (χ1v) is 11.4. The Labute approximate surface area is 192 Å². The Kier molecular flexibility index (Phi) is 6.37. The van der Waals surface area contributed by atoms with E-state index >= 15 is 0 Å². The number of carbonyl (C=O) groups excluding carboxylic acids is 1. The van der Waals surface area contributed by atoms with Crippen molar-refractivity contribution in [2.24, 2.45) is 5.92 Å². The molecule has 1 aromatic heterocycles. The van der Waals surface area contributed by atoms with Gasteiger partial charge in [0.05, 0.1) is 30.3 Å². The van der Waals surface area contributed by atoms with Crippen LogP contribution in [0.4, 0.5) is 5.69 Å². The maximum Gasteiger partial charge on any atom is 0.232 e. The number of rotatable bonds is 5. The van der Waals surface area contributed by atoms with Gasteiger partial charge in [-0.15, -0.1) is 0 Å². The van der Waals surface area contributed by atoms with Crippen molar-refractivity contribution >= 4 is 34.1 Å². The average molecular weight is 452 g/mol. The third-order valence-corrected chi connectivity index (χ3v) is 6.26. The summed E-state index contributed by atoms with van der Waals surface area (Å²) in [6.45, 7) is 3.80. The molecule has 0 atom stereocenters. The highest BCUT2D eigenvalue weighted by atomic mass is 35.5. The minimum Gasteiger partial charge on any atom is -0.347 e. The molecule has 0 saturated carbocycles. The number of ether oxygens (including phenoxy) is 2. The molecule has 0 aliphatic carbocycles. The molecule has 0 unspecified atom stereocenters. The molecular weight excluding hydrogens is 426 g/mol. The van der Waals surface area contributed by atoms with E-state index in [0.29, 0.717) is 18.2 Å². The van der Waals surface area contributed by atoms with Gasteiger partial charge in [-0.25, -0.2) is 0 Å².